The van der Waals surface area contributed by atoms with Gasteiger partial charge in [0.05, 0.1) is 29.4 Å². The van der Waals surface area contributed by atoms with Gasteiger partial charge in [0.1, 0.15) is 11.7 Å². The van der Waals surface area contributed by atoms with Crippen LogP contribution in [-0.4, -0.2) is 62.8 Å². The van der Waals surface area contributed by atoms with Crippen LogP contribution in [0.1, 0.15) is 63.9 Å². The summed E-state index contributed by atoms with van der Waals surface area (Å²) in [6.07, 6.45) is 0.345. The van der Waals surface area contributed by atoms with Crippen LogP contribution >= 0.6 is 0 Å². The first-order valence-corrected chi connectivity index (χ1v) is 14.3. The first kappa shape index (κ1) is 29.0. The molecule has 5 rings (SSSR count). The van der Waals surface area contributed by atoms with Crippen LogP contribution in [0.3, 0.4) is 0 Å². The third kappa shape index (κ3) is 3.79. The van der Waals surface area contributed by atoms with Crippen LogP contribution in [0.4, 0.5) is 5.69 Å². The van der Waals surface area contributed by atoms with Crippen LogP contribution < -0.4 is 5.32 Å². The molecule has 0 radical (unpaired) electrons. The van der Waals surface area contributed by atoms with Gasteiger partial charge in [-0.25, -0.2) is 4.79 Å². The van der Waals surface area contributed by atoms with E-state index in [9.17, 15) is 30.0 Å². The molecule has 4 aliphatic rings. The molecule has 40 heavy (non-hydrogen) atoms. The van der Waals surface area contributed by atoms with Crippen molar-refractivity contribution in [1.29, 1.82) is 0 Å². The molecule has 9 unspecified atom stereocenters. The number of nitrogens with one attached hydrogen (secondary N) is 1. The minimum atomic E-state index is -2.13. The van der Waals surface area contributed by atoms with Crippen molar-refractivity contribution in [3.8, 4) is 0 Å². The molecule has 4 aliphatic carbocycles. The highest BCUT2D eigenvalue weighted by Gasteiger charge is 2.76. The lowest BCUT2D eigenvalue weighted by atomic mass is 9.58. The van der Waals surface area contributed by atoms with Gasteiger partial charge in [0.25, 0.3) is 0 Å². The number of ether oxygens (including phenoxy) is 1. The lowest BCUT2D eigenvalue weighted by molar-refractivity contribution is -0.215. The number of hydrogen-bond donors (Lipinski definition) is 5. The highest BCUT2D eigenvalue weighted by atomic mass is 16.6. The van der Waals surface area contributed by atoms with E-state index < -0.39 is 41.9 Å². The number of aryl methyl sites for hydroxylation is 1. The summed E-state index contributed by atoms with van der Waals surface area (Å²) in [5, 5.41) is 49.7. The van der Waals surface area contributed by atoms with Gasteiger partial charge in [-0.05, 0) is 66.2 Å². The summed E-state index contributed by atoms with van der Waals surface area (Å²) in [7, 11) is 0. The van der Waals surface area contributed by atoms with Crippen LogP contribution in [0.25, 0.3) is 0 Å². The number of carbonyl (C=O) groups excluding carboxylic acids is 2. The minimum absolute atomic E-state index is 0.0170. The molecule has 8 nitrogen and oxygen atoms in total. The number of carbonyl (C=O) groups is 2. The molecular weight excluding hydrogens is 510 g/mol. The minimum Gasteiger partial charge on any atom is -0.451 e. The fraction of sp³-hybridized carbons (Fsp3) is 0.625. The normalized spacial score (nSPS) is 39.2. The Morgan fingerprint density at radius 3 is 2.48 bits per heavy atom. The van der Waals surface area contributed by atoms with Crippen LogP contribution in [-0.2, 0) is 9.53 Å². The lowest BCUT2D eigenvalue weighted by Crippen LogP contribution is -2.66. The van der Waals surface area contributed by atoms with Crippen LogP contribution in [0.15, 0.2) is 41.5 Å². The highest BCUT2D eigenvalue weighted by molar-refractivity contribution is 6.03. The topological polar surface area (TPSA) is 136 Å². The summed E-state index contributed by atoms with van der Waals surface area (Å²) in [4.78, 5) is 26.3. The van der Waals surface area contributed by atoms with Crippen molar-refractivity contribution < 1.29 is 34.8 Å². The summed E-state index contributed by atoms with van der Waals surface area (Å²) in [6.45, 7) is 12.8. The first-order chi connectivity index (χ1) is 18.6. The SMILES string of the molecule is CC1=CC23C(C)CC4C(C(C=C(CO)C(O)C2(O)C1OC(=O)c1c(C)cccc1NC(=O)C(C)C)C3O)C4(C)C. The third-order valence-electron chi connectivity index (χ3n) is 10.6. The molecule has 2 saturated carbocycles. The van der Waals surface area contributed by atoms with Gasteiger partial charge in [-0.2, -0.15) is 0 Å². The highest BCUT2D eigenvalue weighted by Crippen LogP contribution is 2.72. The van der Waals surface area contributed by atoms with Crippen molar-refractivity contribution in [3.05, 3.63) is 52.6 Å². The average molecular weight is 554 g/mol. The summed E-state index contributed by atoms with van der Waals surface area (Å²) in [5.74, 6) is -1.52. The summed E-state index contributed by atoms with van der Waals surface area (Å²) >= 11 is 0. The van der Waals surface area contributed by atoms with E-state index in [1.165, 1.54) is 0 Å². The fourth-order valence-corrected chi connectivity index (χ4v) is 8.39. The van der Waals surface area contributed by atoms with Gasteiger partial charge >= 0.3 is 5.97 Å². The maximum atomic E-state index is 13.8. The molecule has 218 valence electrons. The molecule has 9 atom stereocenters. The van der Waals surface area contributed by atoms with Crippen molar-refractivity contribution in [1.82, 2.24) is 0 Å². The molecule has 0 saturated heterocycles. The standard InChI is InChI=1S/C32H43NO7/c1-15(2)28(37)33-22-10-8-9-16(3)23(22)29(38)40-27-17(4)13-31-18(5)11-21-24(30(21,6)7)20(26(31)36)12-19(14-34)25(35)32(27,31)39/h8-10,12-13,15,18,20-21,24-27,34-36,39H,11,14H2,1-7H3,(H,33,37). The number of amides is 1. The lowest BCUT2D eigenvalue weighted by Gasteiger charge is -2.52. The van der Waals surface area contributed by atoms with Gasteiger partial charge in [-0.1, -0.05) is 58.9 Å². The molecular formula is C32H43NO7. The van der Waals surface area contributed by atoms with Crippen molar-refractivity contribution >= 4 is 17.6 Å². The van der Waals surface area contributed by atoms with Crippen molar-refractivity contribution in [3.63, 3.8) is 0 Å². The Balaban J connectivity index is 1.59. The third-order valence-corrected chi connectivity index (χ3v) is 10.6. The van der Waals surface area contributed by atoms with Gasteiger partial charge in [0.2, 0.25) is 5.91 Å². The van der Waals surface area contributed by atoms with E-state index in [1.807, 2.05) is 13.0 Å². The molecule has 1 aromatic carbocycles. The molecule has 5 N–H and O–H groups in total. The smallest absolute Gasteiger partial charge is 0.341 e. The molecule has 2 fully saturated rings. The Morgan fingerprint density at radius 2 is 1.85 bits per heavy atom. The second-order valence-corrected chi connectivity index (χ2v) is 13.5. The summed E-state index contributed by atoms with van der Waals surface area (Å²) in [6, 6.07) is 5.09. The van der Waals surface area contributed by atoms with Crippen LogP contribution in [0, 0.1) is 47.3 Å². The second kappa shape index (κ2) is 9.51. The number of aliphatic hydroxyl groups excluding tert-OH is 3. The Kier molecular flexibility index (Phi) is 6.89. The number of hydrogen-bond acceptors (Lipinski definition) is 7. The zero-order valence-electron chi connectivity index (χ0n) is 24.4. The number of aliphatic hydroxyl groups is 4. The summed E-state index contributed by atoms with van der Waals surface area (Å²) < 4.78 is 6.08. The zero-order valence-corrected chi connectivity index (χ0v) is 24.4. The molecule has 1 spiro atoms. The van der Waals surface area contributed by atoms with Crippen molar-refractivity contribution in [2.45, 2.75) is 78.8 Å². The molecule has 8 heteroatoms. The Labute approximate surface area is 236 Å². The quantitative estimate of drug-likeness (QED) is 0.279. The number of benzene rings is 1. The van der Waals surface area contributed by atoms with Crippen LogP contribution in [0.2, 0.25) is 0 Å². The van der Waals surface area contributed by atoms with Crippen molar-refractivity contribution in [2.24, 2.45) is 40.4 Å². The molecule has 0 heterocycles. The average Bonchev–Trinajstić information content (AvgIpc) is 3.37. The number of esters is 1. The van der Waals surface area contributed by atoms with Gasteiger partial charge in [-0.3, -0.25) is 4.79 Å². The summed E-state index contributed by atoms with van der Waals surface area (Å²) in [5.41, 5.74) is -1.68. The van der Waals surface area contributed by atoms with E-state index in [-0.39, 0.29) is 46.1 Å². The monoisotopic (exact) mass is 553 g/mol. The fourth-order valence-electron chi connectivity index (χ4n) is 8.39. The number of rotatable bonds is 5. The van der Waals surface area contributed by atoms with E-state index >= 15 is 0 Å². The molecule has 1 aromatic rings. The Bertz CT molecular complexity index is 1300. The van der Waals surface area contributed by atoms with E-state index in [0.29, 0.717) is 22.7 Å². The molecule has 2 bridgehead atoms. The maximum Gasteiger partial charge on any atom is 0.341 e. The van der Waals surface area contributed by atoms with E-state index in [0.717, 1.165) is 6.42 Å². The van der Waals surface area contributed by atoms with E-state index in [2.05, 4.69) is 19.2 Å². The molecule has 1 amide bonds. The number of fused-ring (bicyclic) bond motifs is 3. The zero-order chi connectivity index (χ0) is 29.5. The molecule has 0 aliphatic heterocycles. The van der Waals surface area contributed by atoms with Gasteiger partial charge in [0, 0.05) is 11.8 Å². The Hall–Kier alpha value is -2.52. The van der Waals surface area contributed by atoms with Crippen molar-refractivity contribution in [2.75, 3.05) is 11.9 Å². The largest absolute Gasteiger partial charge is 0.451 e. The number of anilines is 1. The molecule has 0 aromatic heterocycles. The van der Waals surface area contributed by atoms with E-state index in [4.69, 9.17) is 4.74 Å². The Morgan fingerprint density at radius 1 is 1.18 bits per heavy atom. The predicted molar refractivity (Wildman–Crippen MR) is 150 cm³/mol. The second-order valence-electron chi connectivity index (χ2n) is 13.5. The van der Waals surface area contributed by atoms with E-state index in [1.54, 1.807) is 52.0 Å². The van der Waals surface area contributed by atoms with Crippen LogP contribution in [0.5, 0.6) is 0 Å². The first-order valence-electron chi connectivity index (χ1n) is 14.3. The predicted octanol–water partition coefficient (Wildman–Crippen LogP) is 3.37. The van der Waals surface area contributed by atoms with Gasteiger partial charge in [-0.15, -0.1) is 0 Å². The maximum absolute atomic E-state index is 13.8. The van der Waals surface area contributed by atoms with Gasteiger partial charge < -0.3 is 30.5 Å². The van der Waals surface area contributed by atoms with Gasteiger partial charge in [0.15, 0.2) is 6.10 Å².